The van der Waals surface area contributed by atoms with Crippen LogP contribution in [0.5, 0.6) is 0 Å². The van der Waals surface area contributed by atoms with Crippen LogP contribution in [0, 0.1) is 9.49 Å². The Bertz CT molecular complexity index is 607. The lowest BCUT2D eigenvalue weighted by Gasteiger charge is -2.13. The second kappa shape index (κ2) is 3.68. The number of nitrogens with zero attached hydrogens (tertiary/aromatic N) is 1. The van der Waals surface area contributed by atoms with Crippen molar-refractivity contribution in [2.45, 2.75) is 17.7 Å². The van der Waals surface area contributed by atoms with Gasteiger partial charge < -0.3 is 0 Å². The van der Waals surface area contributed by atoms with Crippen molar-refractivity contribution in [3.8, 4) is 0 Å². The molecule has 4 nitrogen and oxygen atoms in total. The summed E-state index contributed by atoms with van der Waals surface area (Å²) in [4.78, 5) is 12.2. The van der Waals surface area contributed by atoms with Gasteiger partial charge in [0.1, 0.15) is 4.90 Å². The predicted molar refractivity (Wildman–Crippen MR) is 70.1 cm³/mol. The van der Waals surface area contributed by atoms with Gasteiger partial charge in [-0.2, -0.15) is 0 Å². The van der Waals surface area contributed by atoms with Gasteiger partial charge in [-0.15, -0.1) is 0 Å². The predicted octanol–water partition coefficient (Wildman–Crippen LogP) is 1.85. The Morgan fingerprint density at radius 2 is 2.06 bits per heavy atom. The molecule has 1 aromatic rings. The maximum absolute atomic E-state index is 12.2. The average Bonchev–Trinajstić information content (AvgIpc) is 3.05. The van der Waals surface area contributed by atoms with Crippen molar-refractivity contribution in [2.24, 2.45) is 5.92 Å². The molecule has 1 amide bonds. The van der Waals surface area contributed by atoms with Crippen molar-refractivity contribution < 1.29 is 13.2 Å². The first-order valence-electron chi connectivity index (χ1n) is 5.37. The molecule has 1 fully saturated rings. The van der Waals surface area contributed by atoms with Crippen LogP contribution in [0.15, 0.2) is 23.1 Å². The van der Waals surface area contributed by atoms with Gasteiger partial charge in [-0.1, -0.05) is 0 Å². The number of sulfonamides is 1. The first-order valence-corrected chi connectivity index (χ1v) is 7.88. The molecule has 0 N–H and O–H groups in total. The Labute approximate surface area is 113 Å². The van der Waals surface area contributed by atoms with Crippen molar-refractivity contribution in [1.82, 2.24) is 4.31 Å². The minimum atomic E-state index is -3.59. The molecule has 0 saturated heterocycles. The summed E-state index contributed by atoms with van der Waals surface area (Å²) in [6, 6.07) is 4.88. The number of fused-ring (bicyclic) bond motifs is 1. The van der Waals surface area contributed by atoms with E-state index < -0.39 is 10.0 Å². The first-order chi connectivity index (χ1) is 8.00. The highest BCUT2D eigenvalue weighted by atomic mass is 127. The molecule has 0 bridgehead atoms. The third-order valence-electron chi connectivity index (χ3n) is 3.09. The van der Waals surface area contributed by atoms with Gasteiger partial charge in [0.15, 0.2) is 0 Å². The van der Waals surface area contributed by atoms with Gasteiger partial charge >= 0.3 is 0 Å². The molecular weight excluding hydrogens is 353 g/mol. The summed E-state index contributed by atoms with van der Waals surface area (Å²) in [5, 5.41) is 0. The zero-order chi connectivity index (χ0) is 12.2. The fraction of sp³-hybridized carbons (Fsp3) is 0.364. The summed E-state index contributed by atoms with van der Waals surface area (Å²) in [6.07, 6.45) is 2.04. The van der Waals surface area contributed by atoms with E-state index in [4.69, 9.17) is 0 Å². The molecule has 17 heavy (non-hydrogen) atoms. The van der Waals surface area contributed by atoms with E-state index in [-0.39, 0.29) is 10.8 Å². The molecule has 3 rings (SSSR count). The van der Waals surface area contributed by atoms with Crippen molar-refractivity contribution in [2.75, 3.05) is 6.54 Å². The van der Waals surface area contributed by atoms with Gasteiger partial charge in [0.2, 0.25) is 0 Å². The second-order valence-electron chi connectivity index (χ2n) is 4.43. The molecule has 1 aliphatic heterocycles. The van der Waals surface area contributed by atoms with Crippen LogP contribution in [-0.4, -0.2) is 25.2 Å². The van der Waals surface area contributed by atoms with Crippen LogP contribution in [0.3, 0.4) is 0 Å². The number of hydrogen-bond donors (Lipinski definition) is 0. The van der Waals surface area contributed by atoms with Gasteiger partial charge in [0.25, 0.3) is 15.9 Å². The van der Waals surface area contributed by atoms with Crippen LogP contribution in [0.2, 0.25) is 0 Å². The van der Waals surface area contributed by atoms with Gasteiger partial charge in [0.05, 0.1) is 5.56 Å². The zero-order valence-electron chi connectivity index (χ0n) is 8.89. The summed E-state index contributed by atoms with van der Waals surface area (Å²) in [6.45, 7) is 0.340. The molecule has 0 unspecified atom stereocenters. The molecule has 0 radical (unpaired) electrons. The molecule has 6 heteroatoms. The van der Waals surface area contributed by atoms with Gasteiger partial charge in [-0.25, -0.2) is 12.7 Å². The molecule has 1 aromatic carbocycles. The van der Waals surface area contributed by atoms with Crippen LogP contribution >= 0.6 is 22.6 Å². The van der Waals surface area contributed by atoms with Crippen LogP contribution in [0.25, 0.3) is 0 Å². The molecule has 1 heterocycles. The fourth-order valence-corrected chi connectivity index (χ4v) is 4.09. The number of rotatable bonds is 2. The summed E-state index contributed by atoms with van der Waals surface area (Å²) in [5.41, 5.74) is 0.317. The molecular formula is C11H10INO3S. The molecule has 1 aliphatic carbocycles. The van der Waals surface area contributed by atoms with Crippen molar-refractivity contribution in [3.05, 3.63) is 27.3 Å². The minimum absolute atomic E-state index is 0.156. The third-order valence-corrected chi connectivity index (χ3v) is 5.57. The lowest BCUT2D eigenvalue weighted by molar-refractivity contribution is 0.0867. The third kappa shape index (κ3) is 1.77. The van der Waals surface area contributed by atoms with E-state index in [9.17, 15) is 13.2 Å². The quantitative estimate of drug-likeness (QED) is 0.754. The number of carbonyl (C=O) groups is 1. The number of halogens is 1. The molecule has 0 spiro atoms. The Kier molecular flexibility index (Phi) is 2.48. The topological polar surface area (TPSA) is 54.5 Å². The highest BCUT2D eigenvalue weighted by molar-refractivity contribution is 14.1. The van der Waals surface area contributed by atoms with Crippen molar-refractivity contribution in [3.63, 3.8) is 0 Å². The standard InChI is InChI=1S/C11H10INO3S/c12-8-3-4-10-9(5-8)11(14)13(17(10,15)16)6-7-1-2-7/h3-5,7H,1-2,6H2. The van der Waals surface area contributed by atoms with Crippen LogP contribution < -0.4 is 0 Å². The number of hydrogen-bond acceptors (Lipinski definition) is 3. The normalized spacial score (nSPS) is 21.7. The van der Waals surface area contributed by atoms with Crippen LogP contribution in [0.4, 0.5) is 0 Å². The van der Waals surface area contributed by atoms with E-state index >= 15 is 0 Å². The van der Waals surface area contributed by atoms with E-state index in [0.717, 1.165) is 20.7 Å². The van der Waals surface area contributed by atoms with Crippen LogP contribution in [-0.2, 0) is 10.0 Å². The van der Waals surface area contributed by atoms with Gasteiger partial charge in [0, 0.05) is 10.1 Å². The van der Waals surface area contributed by atoms with E-state index in [2.05, 4.69) is 22.6 Å². The van der Waals surface area contributed by atoms with Crippen molar-refractivity contribution in [1.29, 1.82) is 0 Å². The molecule has 0 atom stereocenters. The fourth-order valence-electron chi connectivity index (χ4n) is 1.97. The number of amides is 1. The van der Waals surface area contributed by atoms with E-state index in [1.165, 1.54) is 6.07 Å². The Morgan fingerprint density at radius 1 is 1.35 bits per heavy atom. The lowest BCUT2D eigenvalue weighted by Crippen LogP contribution is -2.31. The van der Waals surface area contributed by atoms with Crippen LogP contribution in [0.1, 0.15) is 23.2 Å². The average molecular weight is 363 g/mol. The number of carbonyl (C=O) groups excluding carboxylic acids is 1. The minimum Gasteiger partial charge on any atom is -0.268 e. The van der Waals surface area contributed by atoms with E-state index in [0.29, 0.717) is 18.0 Å². The Hall–Kier alpha value is -0.630. The highest BCUT2D eigenvalue weighted by Gasteiger charge is 2.43. The van der Waals surface area contributed by atoms with Gasteiger partial charge in [-0.3, -0.25) is 4.79 Å². The molecule has 2 aliphatic rings. The smallest absolute Gasteiger partial charge is 0.268 e. The monoisotopic (exact) mass is 363 g/mol. The Balaban J connectivity index is 2.10. The zero-order valence-corrected chi connectivity index (χ0v) is 11.9. The second-order valence-corrected chi connectivity index (χ2v) is 7.50. The largest absolute Gasteiger partial charge is 0.269 e. The molecule has 90 valence electrons. The highest BCUT2D eigenvalue weighted by Crippen LogP contribution is 2.36. The number of benzene rings is 1. The summed E-state index contributed by atoms with van der Waals surface area (Å²) >= 11 is 2.07. The first kappa shape index (κ1) is 11.5. The van der Waals surface area contributed by atoms with E-state index in [1.807, 2.05) is 0 Å². The Morgan fingerprint density at radius 3 is 2.71 bits per heavy atom. The summed E-state index contributed by atoms with van der Waals surface area (Å²) < 4.78 is 26.3. The summed E-state index contributed by atoms with van der Waals surface area (Å²) in [5.74, 6) is -0.00692. The SMILES string of the molecule is O=C1c2cc(I)ccc2S(=O)(=O)N1CC1CC1. The van der Waals surface area contributed by atoms with E-state index in [1.54, 1.807) is 12.1 Å². The molecule has 0 aromatic heterocycles. The van der Waals surface area contributed by atoms with Crippen molar-refractivity contribution >= 4 is 38.5 Å². The van der Waals surface area contributed by atoms with Gasteiger partial charge in [-0.05, 0) is 59.5 Å². The summed E-state index contributed by atoms with van der Waals surface area (Å²) in [7, 11) is -3.59. The maximum atomic E-state index is 12.2. The lowest BCUT2D eigenvalue weighted by atomic mass is 10.2. The maximum Gasteiger partial charge on any atom is 0.269 e. The molecule has 1 saturated carbocycles.